The van der Waals surface area contributed by atoms with Gasteiger partial charge in [0, 0.05) is 25.7 Å². The summed E-state index contributed by atoms with van der Waals surface area (Å²) < 4.78 is 5.71. The monoisotopic (exact) mass is 292 g/mol. The summed E-state index contributed by atoms with van der Waals surface area (Å²) in [6.45, 7) is 12.9. The van der Waals surface area contributed by atoms with E-state index in [2.05, 4.69) is 48.8 Å². The first-order chi connectivity index (χ1) is 9.36. The maximum Gasteiger partial charge on any atom is 0.0850 e. The third kappa shape index (κ3) is 4.15. The van der Waals surface area contributed by atoms with Gasteiger partial charge in [-0.3, -0.25) is 4.90 Å². The second-order valence-electron chi connectivity index (χ2n) is 6.95. The van der Waals surface area contributed by atoms with Gasteiger partial charge in [0.25, 0.3) is 0 Å². The molecule has 2 rings (SSSR count). The van der Waals surface area contributed by atoms with Crippen LogP contribution < -0.4 is 10.9 Å². The molecule has 0 aliphatic carbocycles. The summed E-state index contributed by atoms with van der Waals surface area (Å²) in [6.07, 6.45) is 0.171. The molecule has 2 unspecified atom stereocenters. The zero-order valence-corrected chi connectivity index (χ0v) is 14.2. The standard InChI is InChI=1S/C16H28N2OSi/c1-13(17)16-12-18(9-10-19-16)11-14-5-7-15(8-6-14)20(2,3)4/h5-8,13,16H,9-12,17H2,1-4H3. The Bertz CT molecular complexity index is 425. The Labute approximate surface area is 124 Å². The molecular weight excluding hydrogens is 264 g/mol. The Morgan fingerprint density at radius 3 is 2.50 bits per heavy atom. The quantitative estimate of drug-likeness (QED) is 0.860. The molecule has 0 spiro atoms. The highest BCUT2D eigenvalue weighted by atomic mass is 28.3. The van der Waals surface area contributed by atoms with Crippen LogP contribution in [0.15, 0.2) is 24.3 Å². The molecule has 20 heavy (non-hydrogen) atoms. The van der Waals surface area contributed by atoms with Crippen LogP contribution in [-0.2, 0) is 11.3 Å². The summed E-state index contributed by atoms with van der Waals surface area (Å²) in [6, 6.07) is 9.29. The lowest BCUT2D eigenvalue weighted by Gasteiger charge is -2.34. The minimum atomic E-state index is -1.18. The van der Waals surface area contributed by atoms with Crippen LogP contribution in [0.25, 0.3) is 0 Å². The lowest BCUT2D eigenvalue weighted by atomic mass is 10.1. The molecule has 1 aliphatic heterocycles. The molecule has 0 saturated carbocycles. The highest BCUT2D eigenvalue weighted by molar-refractivity contribution is 6.88. The van der Waals surface area contributed by atoms with Gasteiger partial charge in [-0.15, -0.1) is 0 Å². The molecule has 0 radical (unpaired) electrons. The topological polar surface area (TPSA) is 38.5 Å². The van der Waals surface area contributed by atoms with E-state index in [0.29, 0.717) is 0 Å². The van der Waals surface area contributed by atoms with Crippen LogP contribution in [0, 0.1) is 0 Å². The summed E-state index contributed by atoms with van der Waals surface area (Å²) >= 11 is 0. The lowest BCUT2D eigenvalue weighted by Crippen LogP contribution is -2.49. The van der Waals surface area contributed by atoms with E-state index >= 15 is 0 Å². The number of ether oxygens (including phenoxy) is 1. The Morgan fingerprint density at radius 1 is 1.30 bits per heavy atom. The van der Waals surface area contributed by atoms with Gasteiger partial charge in [0.05, 0.1) is 20.8 Å². The molecule has 1 saturated heterocycles. The van der Waals surface area contributed by atoms with Crippen LogP contribution in [0.5, 0.6) is 0 Å². The number of nitrogens with two attached hydrogens (primary N) is 1. The molecule has 1 heterocycles. The number of nitrogens with zero attached hydrogens (tertiary/aromatic N) is 1. The van der Waals surface area contributed by atoms with Gasteiger partial charge in [-0.05, 0) is 12.5 Å². The molecule has 0 aromatic heterocycles. The molecule has 1 aromatic carbocycles. The van der Waals surface area contributed by atoms with Gasteiger partial charge in [-0.25, -0.2) is 0 Å². The third-order valence-corrected chi connectivity index (χ3v) is 6.06. The molecule has 3 nitrogen and oxygen atoms in total. The van der Waals surface area contributed by atoms with Crippen molar-refractivity contribution in [3.63, 3.8) is 0 Å². The number of hydrogen-bond donors (Lipinski definition) is 1. The number of benzene rings is 1. The van der Waals surface area contributed by atoms with Crippen molar-refractivity contribution in [3.8, 4) is 0 Å². The largest absolute Gasteiger partial charge is 0.374 e. The SMILES string of the molecule is CC(N)C1CN(Cc2ccc([Si](C)(C)C)cc2)CCO1. The molecule has 0 amide bonds. The zero-order chi connectivity index (χ0) is 14.8. The van der Waals surface area contributed by atoms with E-state index in [4.69, 9.17) is 10.5 Å². The maximum atomic E-state index is 5.94. The van der Waals surface area contributed by atoms with Crippen LogP contribution in [0.2, 0.25) is 19.6 Å². The Hall–Kier alpha value is -0.683. The fourth-order valence-corrected chi connectivity index (χ4v) is 3.73. The normalized spacial score (nSPS) is 22.8. The van der Waals surface area contributed by atoms with Crippen molar-refractivity contribution < 1.29 is 4.74 Å². The first-order valence-electron chi connectivity index (χ1n) is 7.55. The van der Waals surface area contributed by atoms with Crippen molar-refractivity contribution in [2.45, 2.75) is 45.3 Å². The van der Waals surface area contributed by atoms with E-state index in [1.165, 1.54) is 10.8 Å². The van der Waals surface area contributed by atoms with Crippen molar-refractivity contribution in [3.05, 3.63) is 29.8 Å². The fourth-order valence-electron chi connectivity index (χ4n) is 2.56. The minimum absolute atomic E-state index is 0.104. The summed E-state index contributed by atoms with van der Waals surface area (Å²) in [5.74, 6) is 0. The predicted octanol–water partition coefficient (Wildman–Crippen LogP) is 1.78. The minimum Gasteiger partial charge on any atom is -0.374 e. The Kier molecular flexibility index (Phi) is 5.02. The van der Waals surface area contributed by atoms with Gasteiger partial charge in [0.1, 0.15) is 0 Å². The molecule has 2 atom stereocenters. The summed E-state index contributed by atoms with van der Waals surface area (Å²) in [7, 11) is -1.18. The van der Waals surface area contributed by atoms with Crippen molar-refractivity contribution in [1.29, 1.82) is 0 Å². The van der Waals surface area contributed by atoms with Gasteiger partial charge in [-0.1, -0.05) is 49.1 Å². The molecule has 112 valence electrons. The Morgan fingerprint density at radius 2 is 1.95 bits per heavy atom. The first kappa shape index (κ1) is 15.7. The molecule has 1 aromatic rings. The van der Waals surface area contributed by atoms with Crippen LogP contribution in [0.3, 0.4) is 0 Å². The number of rotatable bonds is 4. The average Bonchev–Trinajstić information content (AvgIpc) is 2.38. The van der Waals surface area contributed by atoms with Crippen molar-refractivity contribution in [2.75, 3.05) is 19.7 Å². The Balaban J connectivity index is 1.96. The van der Waals surface area contributed by atoms with Crippen molar-refractivity contribution in [2.24, 2.45) is 5.73 Å². The molecular formula is C16H28N2OSi. The van der Waals surface area contributed by atoms with E-state index in [0.717, 1.165) is 26.2 Å². The second-order valence-corrected chi connectivity index (χ2v) is 12.0. The summed E-state index contributed by atoms with van der Waals surface area (Å²) in [5, 5.41) is 1.52. The van der Waals surface area contributed by atoms with E-state index < -0.39 is 8.07 Å². The second kappa shape index (κ2) is 6.39. The van der Waals surface area contributed by atoms with Gasteiger partial charge in [0.2, 0.25) is 0 Å². The molecule has 0 bridgehead atoms. The zero-order valence-electron chi connectivity index (χ0n) is 13.2. The first-order valence-corrected chi connectivity index (χ1v) is 11.1. The smallest absolute Gasteiger partial charge is 0.0850 e. The van der Waals surface area contributed by atoms with Crippen LogP contribution in [0.4, 0.5) is 0 Å². The lowest BCUT2D eigenvalue weighted by molar-refractivity contribution is -0.0403. The molecule has 4 heteroatoms. The number of morpholine rings is 1. The van der Waals surface area contributed by atoms with Crippen LogP contribution in [-0.4, -0.2) is 44.8 Å². The van der Waals surface area contributed by atoms with Gasteiger partial charge in [0.15, 0.2) is 0 Å². The highest BCUT2D eigenvalue weighted by Crippen LogP contribution is 2.12. The summed E-state index contributed by atoms with van der Waals surface area (Å²) in [4.78, 5) is 2.45. The molecule has 1 fully saturated rings. The van der Waals surface area contributed by atoms with Crippen molar-refractivity contribution in [1.82, 2.24) is 4.90 Å². The summed E-state index contributed by atoms with van der Waals surface area (Å²) in [5.41, 5.74) is 7.33. The predicted molar refractivity (Wildman–Crippen MR) is 88.1 cm³/mol. The number of hydrogen-bond acceptors (Lipinski definition) is 3. The van der Waals surface area contributed by atoms with E-state index in [1.54, 1.807) is 0 Å². The maximum absolute atomic E-state index is 5.94. The van der Waals surface area contributed by atoms with Gasteiger partial charge < -0.3 is 10.5 Å². The van der Waals surface area contributed by atoms with E-state index in [-0.39, 0.29) is 12.1 Å². The fraction of sp³-hybridized carbons (Fsp3) is 0.625. The average molecular weight is 292 g/mol. The van der Waals surface area contributed by atoms with E-state index in [9.17, 15) is 0 Å². The van der Waals surface area contributed by atoms with Gasteiger partial charge in [-0.2, -0.15) is 0 Å². The van der Waals surface area contributed by atoms with Crippen molar-refractivity contribution >= 4 is 13.3 Å². The van der Waals surface area contributed by atoms with Crippen LogP contribution in [0.1, 0.15) is 12.5 Å². The van der Waals surface area contributed by atoms with E-state index in [1.807, 2.05) is 6.92 Å². The highest BCUT2D eigenvalue weighted by Gasteiger charge is 2.23. The molecule has 2 N–H and O–H groups in total. The van der Waals surface area contributed by atoms with Crippen LogP contribution >= 0.6 is 0 Å². The third-order valence-electron chi connectivity index (χ3n) is 3.99. The molecule has 1 aliphatic rings. The van der Waals surface area contributed by atoms with Gasteiger partial charge >= 0.3 is 0 Å².